The van der Waals surface area contributed by atoms with E-state index in [1.165, 1.54) is 13.8 Å². The minimum atomic E-state index is -4.19. The molecule has 12 nitrogen and oxygen atoms in total. The summed E-state index contributed by atoms with van der Waals surface area (Å²) in [5.41, 5.74) is 0.638. The zero-order valence-corrected chi connectivity index (χ0v) is 19.0. The van der Waals surface area contributed by atoms with E-state index >= 15 is 0 Å². The Balaban J connectivity index is 1.88. The van der Waals surface area contributed by atoms with Gasteiger partial charge in [-0.3, -0.25) is 23.7 Å². The fraction of sp³-hybridized carbons (Fsp3) is 0.500. The average molecular weight is 486 g/mol. The van der Waals surface area contributed by atoms with Crippen LogP contribution in [0.3, 0.4) is 0 Å². The van der Waals surface area contributed by atoms with Gasteiger partial charge < -0.3 is 35.2 Å². The van der Waals surface area contributed by atoms with Crippen molar-refractivity contribution in [1.29, 1.82) is 0 Å². The number of aliphatic carboxylic acids is 2. The van der Waals surface area contributed by atoms with Gasteiger partial charge >= 0.3 is 11.9 Å². The quantitative estimate of drug-likeness (QED) is 0.264. The van der Waals surface area contributed by atoms with Crippen molar-refractivity contribution in [3.63, 3.8) is 0 Å². The Morgan fingerprint density at radius 3 is 2.39 bits per heavy atom. The molecule has 1 unspecified atom stereocenters. The van der Waals surface area contributed by atoms with Crippen molar-refractivity contribution in [1.82, 2.24) is 10.6 Å². The molecule has 0 fully saturated rings. The maximum atomic E-state index is 12.6. The third kappa shape index (κ3) is 7.76. The second kappa shape index (κ2) is 11.2. The van der Waals surface area contributed by atoms with Gasteiger partial charge in [0.2, 0.25) is 26.0 Å². The van der Waals surface area contributed by atoms with Gasteiger partial charge in [0.15, 0.2) is 11.5 Å². The second-order valence-electron chi connectivity index (χ2n) is 7.74. The summed E-state index contributed by atoms with van der Waals surface area (Å²) < 4.78 is 23.1. The van der Waals surface area contributed by atoms with Crippen LogP contribution in [0.1, 0.15) is 32.3 Å². The number of fused-ring (bicyclic) bond motifs is 1. The molecule has 33 heavy (non-hydrogen) atoms. The molecule has 0 spiro atoms. The molecule has 0 bridgehead atoms. The highest BCUT2D eigenvalue weighted by molar-refractivity contribution is 7.58. The third-order valence-corrected chi connectivity index (χ3v) is 7.37. The minimum Gasteiger partial charge on any atom is -0.481 e. The molecule has 0 aliphatic carbocycles. The minimum absolute atomic E-state index is 0.0355. The highest BCUT2D eigenvalue weighted by atomic mass is 31.2. The number of ether oxygens (including phenoxy) is 2. The van der Waals surface area contributed by atoms with Gasteiger partial charge in [-0.15, -0.1) is 0 Å². The van der Waals surface area contributed by atoms with Gasteiger partial charge in [-0.05, 0) is 38.0 Å². The van der Waals surface area contributed by atoms with E-state index in [1.807, 2.05) is 0 Å². The van der Waals surface area contributed by atoms with Crippen molar-refractivity contribution < 1.29 is 48.3 Å². The maximum absolute atomic E-state index is 12.6. The first kappa shape index (κ1) is 26.1. The predicted molar refractivity (Wildman–Crippen MR) is 114 cm³/mol. The molecule has 2 rings (SSSR count). The SMILES string of the molecule is C[C@@H](NC(=O)Cc1ccc2c(c1)OCO2)C(=O)N[C@H](C)P(=O)(O)C[C@H](CCC(=O)O)C(=O)O. The summed E-state index contributed by atoms with van der Waals surface area (Å²) in [5.74, 6) is -5.37. The Bertz CT molecular complexity index is 966. The largest absolute Gasteiger partial charge is 0.481 e. The van der Waals surface area contributed by atoms with E-state index in [9.17, 15) is 33.7 Å². The van der Waals surface area contributed by atoms with Crippen molar-refractivity contribution in [2.24, 2.45) is 5.92 Å². The summed E-state index contributed by atoms with van der Waals surface area (Å²) in [6.45, 7) is 2.74. The van der Waals surface area contributed by atoms with Crippen LogP contribution in [0.15, 0.2) is 18.2 Å². The number of amides is 2. The Hall–Kier alpha value is -3.11. The van der Waals surface area contributed by atoms with Crippen LogP contribution in [-0.2, 0) is 30.2 Å². The van der Waals surface area contributed by atoms with Crippen LogP contribution >= 0.6 is 7.37 Å². The smallest absolute Gasteiger partial charge is 0.307 e. The first-order chi connectivity index (χ1) is 15.4. The zero-order chi connectivity index (χ0) is 24.8. The molecule has 1 heterocycles. The van der Waals surface area contributed by atoms with Crippen LogP contribution < -0.4 is 20.1 Å². The van der Waals surface area contributed by atoms with E-state index in [4.69, 9.17) is 14.6 Å². The lowest BCUT2D eigenvalue weighted by atomic mass is 10.1. The lowest BCUT2D eigenvalue weighted by molar-refractivity contribution is -0.142. The molecule has 5 N–H and O–H groups in total. The topological polar surface area (TPSA) is 189 Å². The average Bonchev–Trinajstić information content (AvgIpc) is 3.18. The number of nitrogens with one attached hydrogen (secondary N) is 2. The molecule has 1 aromatic rings. The van der Waals surface area contributed by atoms with E-state index < -0.39 is 61.4 Å². The van der Waals surface area contributed by atoms with E-state index in [1.54, 1.807) is 18.2 Å². The highest BCUT2D eigenvalue weighted by Crippen LogP contribution is 2.47. The summed E-state index contributed by atoms with van der Waals surface area (Å²) in [6, 6.07) is 3.98. The molecule has 182 valence electrons. The summed E-state index contributed by atoms with van der Waals surface area (Å²) in [5, 5.41) is 22.7. The van der Waals surface area contributed by atoms with Crippen LogP contribution in [0.4, 0.5) is 0 Å². The van der Waals surface area contributed by atoms with Crippen LogP contribution in [-0.4, -0.2) is 63.6 Å². The van der Waals surface area contributed by atoms with Gasteiger partial charge in [-0.2, -0.15) is 0 Å². The van der Waals surface area contributed by atoms with Crippen LogP contribution in [0, 0.1) is 5.92 Å². The molecule has 2 amide bonds. The molecule has 0 aromatic heterocycles. The van der Waals surface area contributed by atoms with Gasteiger partial charge in [0.25, 0.3) is 0 Å². The third-order valence-electron chi connectivity index (χ3n) is 5.07. The molecular formula is C20H27N2O10P. The zero-order valence-electron chi connectivity index (χ0n) is 18.1. The highest BCUT2D eigenvalue weighted by Gasteiger charge is 2.35. The first-order valence-electron chi connectivity index (χ1n) is 10.1. The standard InChI is InChI=1S/C20H27N2O10P/c1-11(21-17(23)8-13-3-5-15-16(7-13)32-10-31-15)19(26)22-12(2)33(29,30)9-14(20(27)28)4-6-18(24)25/h3,5,7,11-12,14H,4,6,8-10H2,1-2H3,(H,21,23)(H,22,26)(H,24,25)(H,27,28)(H,29,30)/t11-,12+,14+/m1/s1. The maximum Gasteiger partial charge on any atom is 0.307 e. The summed E-state index contributed by atoms with van der Waals surface area (Å²) in [6.07, 6.45) is -1.51. The van der Waals surface area contributed by atoms with E-state index in [2.05, 4.69) is 10.6 Å². The van der Waals surface area contributed by atoms with Crippen LogP contribution in [0.2, 0.25) is 0 Å². The van der Waals surface area contributed by atoms with Gasteiger partial charge in [0, 0.05) is 12.6 Å². The number of rotatable bonds is 12. The van der Waals surface area contributed by atoms with Crippen LogP contribution in [0.25, 0.3) is 0 Å². The number of hydrogen-bond donors (Lipinski definition) is 5. The molecule has 0 saturated heterocycles. The predicted octanol–water partition coefficient (Wildman–Crippen LogP) is 0.761. The van der Waals surface area contributed by atoms with Gasteiger partial charge in [-0.1, -0.05) is 6.07 Å². The van der Waals surface area contributed by atoms with Crippen molar-refractivity contribution in [2.75, 3.05) is 13.0 Å². The number of carboxylic acids is 2. The summed E-state index contributed by atoms with van der Waals surface area (Å²) >= 11 is 0. The van der Waals surface area contributed by atoms with Gasteiger partial charge in [0.05, 0.1) is 12.3 Å². The number of carbonyl (C=O) groups excluding carboxylic acids is 2. The monoisotopic (exact) mass is 486 g/mol. The van der Waals surface area contributed by atoms with Crippen molar-refractivity contribution in [2.45, 2.75) is 44.9 Å². The van der Waals surface area contributed by atoms with Crippen molar-refractivity contribution >= 4 is 31.1 Å². The Morgan fingerprint density at radius 1 is 1.09 bits per heavy atom. The van der Waals surface area contributed by atoms with Crippen LogP contribution in [0.5, 0.6) is 11.5 Å². The number of hydrogen-bond acceptors (Lipinski definition) is 7. The molecule has 1 aliphatic rings. The Kier molecular flexibility index (Phi) is 8.84. The molecule has 1 aromatic carbocycles. The molecule has 1 aliphatic heterocycles. The van der Waals surface area contributed by atoms with E-state index in [-0.39, 0.29) is 19.6 Å². The first-order valence-corrected chi connectivity index (χ1v) is 12.0. The molecule has 0 radical (unpaired) electrons. The lowest BCUT2D eigenvalue weighted by Gasteiger charge is -2.24. The van der Waals surface area contributed by atoms with Gasteiger partial charge in [0.1, 0.15) is 11.8 Å². The molecule has 13 heteroatoms. The number of carbonyl (C=O) groups is 4. The number of benzene rings is 1. The second-order valence-corrected chi connectivity index (χ2v) is 10.4. The van der Waals surface area contributed by atoms with Crippen molar-refractivity contribution in [3.8, 4) is 11.5 Å². The van der Waals surface area contributed by atoms with Crippen molar-refractivity contribution in [3.05, 3.63) is 23.8 Å². The molecule has 4 atom stereocenters. The Labute approximate surface area is 189 Å². The fourth-order valence-electron chi connectivity index (χ4n) is 3.09. The molecule has 0 saturated carbocycles. The van der Waals surface area contributed by atoms with E-state index in [0.717, 1.165) is 0 Å². The fourth-order valence-corrected chi connectivity index (χ4v) is 4.71. The Morgan fingerprint density at radius 2 is 1.76 bits per heavy atom. The summed E-state index contributed by atoms with van der Waals surface area (Å²) in [7, 11) is -4.19. The summed E-state index contributed by atoms with van der Waals surface area (Å²) in [4.78, 5) is 56.9. The van der Waals surface area contributed by atoms with E-state index in [0.29, 0.717) is 17.1 Å². The molecular weight excluding hydrogens is 459 g/mol. The van der Waals surface area contributed by atoms with Gasteiger partial charge in [-0.25, -0.2) is 0 Å². The number of carboxylic acid groups (broad SMARTS) is 2. The normalized spacial score (nSPS) is 16.7. The lowest BCUT2D eigenvalue weighted by Crippen LogP contribution is -2.48.